The molecule has 2 rings (SSSR count). The van der Waals surface area contributed by atoms with Crippen LogP contribution in [-0.4, -0.2) is 121 Å². The monoisotopic (exact) mass is 383 g/mol. The van der Waals surface area contributed by atoms with Gasteiger partial charge in [-0.2, -0.15) is 0 Å². The lowest BCUT2D eigenvalue weighted by atomic mass is 9.98. The minimum atomic E-state index is -1.65. The van der Waals surface area contributed by atoms with Crippen LogP contribution in [0.25, 0.3) is 0 Å². The van der Waals surface area contributed by atoms with Crippen LogP contribution in [0.3, 0.4) is 0 Å². The first kappa shape index (κ1) is 21.2. The van der Waals surface area contributed by atoms with Crippen molar-refractivity contribution in [3.05, 3.63) is 0 Å². The lowest BCUT2D eigenvalue weighted by molar-refractivity contribution is -0.233. The highest BCUT2D eigenvalue weighted by Crippen LogP contribution is 2.22. The van der Waals surface area contributed by atoms with Gasteiger partial charge in [0.05, 0.1) is 13.2 Å². The van der Waals surface area contributed by atoms with Gasteiger partial charge < -0.3 is 61.4 Å². The van der Waals surface area contributed by atoms with E-state index < -0.39 is 80.5 Å². The van der Waals surface area contributed by atoms with E-state index in [9.17, 15) is 30.6 Å². The van der Waals surface area contributed by atoms with Crippen molar-refractivity contribution in [1.29, 1.82) is 0 Å². The molecule has 152 valence electrons. The molecule has 0 amide bonds. The van der Waals surface area contributed by atoms with E-state index in [-0.39, 0.29) is 0 Å². The van der Waals surface area contributed by atoms with Crippen molar-refractivity contribution >= 4 is 5.96 Å². The van der Waals surface area contributed by atoms with E-state index in [0.717, 1.165) is 0 Å². The zero-order chi connectivity index (χ0) is 19.6. The maximum atomic E-state index is 9.91. The molecule has 0 aliphatic carbocycles. The average Bonchev–Trinajstić information content (AvgIpc) is 2.62. The number of aliphatic hydroxyl groups is 8. The second-order valence-corrected chi connectivity index (χ2v) is 6.13. The van der Waals surface area contributed by atoms with Crippen molar-refractivity contribution in [3.8, 4) is 0 Å². The predicted molar refractivity (Wildman–Crippen MR) is 82.3 cm³/mol. The van der Waals surface area contributed by atoms with Crippen LogP contribution in [0.5, 0.6) is 0 Å². The predicted octanol–water partition coefficient (Wildman–Crippen LogP) is -6.51. The first-order chi connectivity index (χ1) is 12.2. The molecule has 0 aromatic heterocycles. The van der Waals surface area contributed by atoms with E-state index in [4.69, 9.17) is 25.4 Å². The molecule has 0 aromatic rings. The van der Waals surface area contributed by atoms with E-state index in [0.29, 0.717) is 0 Å². The van der Waals surface area contributed by atoms with Gasteiger partial charge >= 0.3 is 0 Å². The van der Waals surface area contributed by atoms with Crippen LogP contribution < -0.4 is 11.1 Å². The maximum Gasteiger partial charge on any atom is 0.193 e. The summed E-state index contributed by atoms with van der Waals surface area (Å²) in [6.07, 6.45) is -14.8. The Hall–Kier alpha value is -1.13. The van der Waals surface area contributed by atoms with Gasteiger partial charge in [0.1, 0.15) is 48.8 Å². The number of aliphatic imine (C=N–C) groups is 1. The van der Waals surface area contributed by atoms with Gasteiger partial charge in [-0.05, 0) is 0 Å². The third-order valence-corrected chi connectivity index (χ3v) is 4.32. The number of nitrogens with two attached hydrogens (primary N) is 1. The summed E-state index contributed by atoms with van der Waals surface area (Å²) in [7, 11) is 0. The fourth-order valence-corrected chi connectivity index (χ4v) is 2.73. The molecule has 2 unspecified atom stereocenters. The van der Waals surface area contributed by atoms with E-state index >= 15 is 0 Å². The Bertz CT molecular complexity index is 493. The fourth-order valence-electron chi connectivity index (χ4n) is 2.73. The van der Waals surface area contributed by atoms with Crippen LogP contribution in [0.4, 0.5) is 0 Å². The van der Waals surface area contributed by atoms with Crippen molar-refractivity contribution in [1.82, 2.24) is 5.32 Å². The summed E-state index contributed by atoms with van der Waals surface area (Å²) in [5, 5.41) is 79.2. The second-order valence-electron chi connectivity index (χ2n) is 6.13. The van der Waals surface area contributed by atoms with E-state index in [2.05, 4.69) is 10.3 Å². The molecule has 0 saturated carbocycles. The summed E-state index contributed by atoms with van der Waals surface area (Å²) < 4.78 is 10.3. The van der Waals surface area contributed by atoms with Gasteiger partial charge in [-0.15, -0.1) is 0 Å². The SMILES string of the molecule is NC(=NC1O[C@H](CO)[C@@H](O)[C@H](O)[C@H]1O)NC1O[C@H](CO)[C@@H](O)[C@H](O)[C@H]1O. The lowest BCUT2D eigenvalue weighted by Crippen LogP contribution is -2.64. The molecule has 26 heavy (non-hydrogen) atoms. The minimum Gasteiger partial charge on any atom is -0.394 e. The van der Waals surface area contributed by atoms with Gasteiger partial charge in [-0.1, -0.05) is 0 Å². The van der Waals surface area contributed by atoms with Crippen LogP contribution in [0.15, 0.2) is 4.99 Å². The van der Waals surface area contributed by atoms with E-state index in [1.54, 1.807) is 0 Å². The summed E-state index contributed by atoms with van der Waals surface area (Å²) in [5.74, 6) is -0.432. The van der Waals surface area contributed by atoms with Gasteiger partial charge in [-0.25, -0.2) is 4.99 Å². The molecule has 2 saturated heterocycles. The Morgan fingerprint density at radius 3 is 1.81 bits per heavy atom. The Labute approximate surface area is 147 Å². The average molecular weight is 383 g/mol. The molecule has 2 fully saturated rings. The van der Waals surface area contributed by atoms with Crippen molar-refractivity contribution < 1.29 is 50.3 Å². The first-order valence-electron chi connectivity index (χ1n) is 7.92. The Kier molecular flexibility index (Phi) is 7.09. The fraction of sp³-hybridized carbons (Fsp3) is 0.923. The lowest BCUT2D eigenvalue weighted by Gasteiger charge is -2.40. The second kappa shape index (κ2) is 8.71. The number of nitrogens with zero attached hydrogens (tertiary/aromatic N) is 1. The quantitative estimate of drug-likeness (QED) is 0.161. The number of hydrogen-bond acceptors (Lipinski definition) is 11. The smallest absolute Gasteiger partial charge is 0.193 e. The zero-order valence-corrected chi connectivity index (χ0v) is 13.6. The molecular weight excluding hydrogens is 358 g/mol. The molecular formula is C13H25N3O10. The molecule has 13 heteroatoms. The highest BCUT2D eigenvalue weighted by molar-refractivity contribution is 5.78. The molecule has 0 radical (unpaired) electrons. The number of aliphatic hydroxyl groups excluding tert-OH is 8. The summed E-state index contributed by atoms with van der Waals surface area (Å²) in [6, 6.07) is 0. The standard InChI is InChI=1S/C13H25N3O10/c14-13(15-11-9(23)7(21)5(19)3(1-17)25-11)16-12-10(24)8(22)6(20)4(2-18)26-12/h3-12,17-24H,1-2H2,(H3,14,15,16)/t3-,4-,5-,6-,7+,8+,9-,10-,11?,12?/m1/s1. The third-order valence-electron chi connectivity index (χ3n) is 4.32. The Balaban J connectivity index is 2.07. The highest BCUT2D eigenvalue weighted by Gasteiger charge is 2.45. The van der Waals surface area contributed by atoms with Gasteiger partial charge in [0.2, 0.25) is 0 Å². The third kappa shape index (κ3) is 4.23. The van der Waals surface area contributed by atoms with Gasteiger partial charge in [-0.3, -0.25) is 0 Å². The summed E-state index contributed by atoms with van der Waals surface area (Å²) in [5.41, 5.74) is 5.64. The van der Waals surface area contributed by atoms with Crippen molar-refractivity contribution in [2.24, 2.45) is 10.7 Å². The van der Waals surface area contributed by atoms with Crippen LogP contribution in [0.1, 0.15) is 0 Å². The molecule has 0 spiro atoms. The van der Waals surface area contributed by atoms with E-state index in [1.165, 1.54) is 0 Å². The van der Waals surface area contributed by atoms with Crippen LogP contribution in [0.2, 0.25) is 0 Å². The molecule has 10 atom stereocenters. The van der Waals surface area contributed by atoms with Crippen LogP contribution in [-0.2, 0) is 9.47 Å². The van der Waals surface area contributed by atoms with E-state index in [1.807, 2.05) is 0 Å². The molecule has 2 heterocycles. The molecule has 0 aromatic carbocycles. The maximum absolute atomic E-state index is 9.91. The molecule has 13 nitrogen and oxygen atoms in total. The summed E-state index contributed by atoms with van der Waals surface area (Å²) in [4.78, 5) is 3.75. The minimum absolute atomic E-state index is 0.432. The number of guanidine groups is 1. The van der Waals surface area contributed by atoms with Gasteiger partial charge in [0.15, 0.2) is 18.4 Å². The van der Waals surface area contributed by atoms with Crippen molar-refractivity contribution in [2.45, 2.75) is 61.3 Å². The van der Waals surface area contributed by atoms with Crippen molar-refractivity contribution in [3.63, 3.8) is 0 Å². The zero-order valence-electron chi connectivity index (χ0n) is 13.6. The number of nitrogens with one attached hydrogen (secondary N) is 1. The Morgan fingerprint density at radius 1 is 0.769 bits per heavy atom. The summed E-state index contributed by atoms with van der Waals surface area (Å²) >= 11 is 0. The Morgan fingerprint density at radius 2 is 1.27 bits per heavy atom. The van der Waals surface area contributed by atoms with Gasteiger partial charge in [0, 0.05) is 0 Å². The number of hydrogen-bond donors (Lipinski definition) is 10. The first-order valence-corrected chi connectivity index (χ1v) is 7.92. The molecule has 2 aliphatic rings. The highest BCUT2D eigenvalue weighted by atomic mass is 16.6. The molecule has 2 aliphatic heterocycles. The van der Waals surface area contributed by atoms with Crippen LogP contribution in [0, 0.1) is 0 Å². The van der Waals surface area contributed by atoms with Gasteiger partial charge in [0.25, 0.3) is 0 Å². The van der Waals surface area contributed by atoms with Crippen LogP contribution >= 0.6 is 0 Å². The molecule has 11 N–H and O–H groups in total. The topological polar surface area (TPSA) is 231 Å². The van der Waals surface area contributed by atoms with Crippen molar-refractivity contribution in [2.75, 3.05) is 13.2 Å². The molecule has 0 bridgehead atoms. The summed E-state index contributed by atoms with van der Waals surface area (Å²) in [6.45, 7) is -1.27. The number of rotatable bonds is 4. The largest absolute Gasteiger partial charge is 0.394 e. The number of ether oxygens (including phenoxy) is 2. The normalized spacial score (nSPS) is 47.6.